The summed E-state index contributed by atoms with van der Waals surface area (Å²) in [6.07, 6.45) is 5.57. The van der Waals surface area contributed by atoms with Crippen LogP contribution in [-0.2, 0) is 55.7 Å². The van der Waals surface area contributed by atoms with Crippen LogP contribution >= 0.6 is 34.3 Å². The summed E-state index contributed by atoms with van der Waals surface area (Å²) in [5.74, 6) is -5.55. The predicted octanol–water partition coefficient (Wildman–Crippen LogP) is 15.4. The number of rotatable bonds is 27. The number of halogens is 5. The second-order valence-electron chi connectivity index (χ2n) is 21.5. The molecule has 0 aliphatic heterocycles. The third-order valence-corrected chi connectivity index (χ3v) is 18.0. The molecular formula is C72H75ClF4N12O6S2. The van der Waals surface area contributed by atoms with Crippen LogP contribution in [0.25, 0.3) is 22.5 Å². The molecule has 0 aliphatic rings. The van der Waals surface area contributed by atoms with Crippen molar-refractivity contribution < 1.29 is 46.1 Å². The van der Waals surface area contributed by atoms with Crippen molar-refractivity contribution in [1.29, 1.82) is 10.5 Å². The highest BCUT2D eigenvalue weighted by Gasteiger charge is 2.47. The number of carbonyl (C=O) groups excluding carboxylic acids is 2. The van der Waals surface area contributed by atoms with E-state index in [9.17, 15) is 23.6 Å². The van der Waals surface area contributed by atoms with E-state index in [4.69, 9.17) is 45.8 Å². The highest BCUT2D eigenvalue weighted by Crippen LogP contribution is 2.46. The number of nitrogens with one attached hydrogen (secondary N) is 1. The minimum Gasteiger partial charge on any atom is -0.435 e. The topological polar surface area (TPSA) is 221 Å². The first-order valence-electron chi connectivity index (χ1n) is 31.3. The van der Waals surface area contributed by atoms with Crippen LogP contribution in [0.1, 0.15) is 131 Å². The quantitative estimate of drug-likeness (QED) is 0.0219. The summed E-state index contributed by atoms with van der Waals surface area (Å²) in [6, 6.07) is 38.5. The molecule has 2 unspecified atom stereocenters. The molecule has 18 nitrogen and oxygen atoms in total. The van der Waals surface area contributed by atoms with E-state index in [-0.39, 0.29) is 35.7 Å². The molecule has 10 aromatic rings. The van der Waals surface area contributed by atoms with Crippen LogP contribution in [0.2, 0.25) is 0 Å². The maximum atomic E-state index is 15.7. The summed E-state index contributed by atoms with van der Waals surface area (Å²) in [4.78, 5) is 46.0. The van der Waals surface area contributed by atoms with E-state index in [1.165, 1.54) is 69.5 Å². The van der Waals surface area contributed by atoms with Crippen molar-refractivity contribution in [3.05, 3.63) is 247 Å². The Kier molecular flexibility index (Phi) is 28.8. The summed E-state index contributed by atoms with van der Waals surface area (Å²) in [5.41, 5.74) is 3.17. The van der Waals surface area contributed by atoms with Crippen LogP contribution in [0.4, 0.5) is 17.6 Å². The molecule has 25 heteroatoms. The number of nitriles is 2. The number of thiazole rings is 2. The predicted molar refractivity (Wildman–Crippen MR) is 365 cm³/mol. The zero-order valence-electron chi connectivity index (χ0n) is 55.0. The van der Waals surface area contributed by atoms with Crippen LogP contribution in [-0.4, -0.2) is 96.1 Å². The molecule has 0 saturated heterocycles. The molecule has 0 aliphatic carbocycles. The number of hydrogen-bond acceptors (Lipinski definition) is 18. The molecule has 0 amide bonds. The largest absolute Gasteiger partial charge is 0.435 e. The first kappa shape index (κ1) is 75.0. The Morgan fingerprint density at radius 3 is 1.39 bits per heavy atom. The maximum absolute atomic E-state index is 15.7. The number of hydrogen-bond donors (Lipinski definition) is 1. The molecule has 97 heavy (non-hydrogen) atoms. The summed E-state index contributed by atoms with van der Waals surface area (Å²) < 4.78 is 86.4. The van der Waals surface area contributed by atoms with Gasteiger partial charge in [0, 0.05) is 69.4 Å². The van der Waals surface area contributed by atoms with Gasteiger partial charge in [0.15, 0.2) is 13.6 Å². The summed E-state index contributed by atoms with van der Waals surface area (Å²) in [5, 5.41) is 34.7. The second-order valence-corrected chi connectivity index (χ2v) is 23.6. The van der Waals surface area contributed by atoms with Crippen molar-refractivity contribution in [3.63, 3.8) is 0 Å². The third-order valence-electron chi connectivity index (χ3n) is 15.6. The second kappa shape index (κ2) is 37.2. The van der Waals surface area contributed by atoms with Gasteiger partial charge in [0.2, 0.25) is 0 Å². The van der Waals surface area contributed by atoms with Crippen LogP contribution in [0.3, 0.4) is 0 Å². The van der Waals surface area contributed by atoms with Gasteiger partial charge < -0.3 is 24.3 Å². The fourth-order valence-electron chi connectivity index (χ4n) is 10.3. The lowest BCUT2D eigenvalue weighted by molar-refractivity contribution is -0.148. The molecule has 0 radical (unpaired) electrons. The maximum Gasteiger partial charge on any atom is 0.340 e. The zero-order chi connectivity index (χ0) is 69.9. The summed E-state index contributed by atoms with van der Waals surface area (Å²) in [6.45, 7) is 19.4. The van der Waals surface area contributed by atoms with Crippen LogP contribution < -0.4 is 5.32 Å². The van der Waals surface area contributed by atoms with Gasteiger partial charge in [-0.3, -0.25) is 4.90 Å². The Bertz CT molecular complexity index is 4180. The van der Waals surface area contributed by atoms with Crippen LogP contribution in [0.5, 0.6) is 0 Å². The lowest BCUT2D eigenvalue weighted by Crippen LogP contribution is -2.42. The number of esters is 2. The molecule has 4 heterocycles. The van der Waals surface area contributed by atoms with Gasteiger partial charge in [-0.2, -0.15) is 20.7 Å². The van der Waals surface area contributed by atoms with Gasteiger partial charge >= 0.3 is 11.9 Å². The minimum absolute atomic E-state index is 0.0206. The standard InChI is InChI=1S/C35H34F2N6O3S.C31H24ClF2N5O3S.C4H11N.C2H6/c1-4-42(5-2)18-26-7-6-8-28(15-26)34(44)45-23-46-35(20-43-22-39-21-40-43,30-14-13-29(36)16-31(30)37)24(3)33-41-32(19-47-33)27-11-9-25(17-38)10-12-27;1-20(29-38-28(15-43-29)23-7-5-21(14-35)6-8-23)31(16-39-18-36-17-37-39,26-10-9-25(33)12-27(26)34)42-19-41-30(40)24-4-2-3-22(11-24)13-32;1-3-5-4-2;1-2/h6-16,19,21-22,24H,4-5,18,20,23H2,1-3H3;2-12,15,17-18,20H,13,16,19H2,1H3;5H,3-4H2,1-2H3;1-2H3/t24-,35?;20-,31?;;/m00../s1. The van der Waals surface area contributed by atoms with E-state index >= 15 is 8.78 Å². The van der Waals surface area contributed by atoms with Crippen molar-refractivity contribution >= 4 is 46.2 Å². The van der Waals surface area contributed by atoms with Gasteiger partial charge in [0.05, 0.1) is 68.9 Å². The zero-order valence-corrected chi connectivity index (χ0v) is 57.4. The Morgan fingerprint density at radius 1 is 0.608 bits per heavy atom. The third kappa shape index (κ3) is 19.9. The number of ether oxygens (including phenoxy) is 4. The van der Waals surface area contributed by atoms with E-state index in [2.05, 4.69) is 70.2 Å². The highest BCUT2D eigenvalue weighted by atomic mass is 35.5. The van der Waals surface area contributed by atoms with Gasteiger partial charge in [-0.1, -0.05) is 116 Å². The van der Waals surface area contributed by atoms with Crippen molar-refractivity contribution in [2.24, 2.45) is 0 Å². The van der Waals surface area contributed by atoms with E-state index in [0.29, 0.717) is 44.6 Å². The lowest BCUT2D eigenvalue weighted by atomic mass is 9.81. The van der Waals surface area contributed by atoms with Gasteiger partial charge in [-0.05, 0) is 98.0 Å². The van der Waals surface area contributed by atoms with Gasteiger partial charge in [0.1, 0.15) is 59.8 Å². The number of aromatic nitrogens is 8. The lowest BCUT2D eigenvalue weighted by Gasteiger charge is -2.38. The Balaban J connectivity index is 0.000000250. The number of carbonyl (C=O) groups is 2. The first-order valence-corrected chi connectivity index (χ1v) is 33.6. The van der Waals surface area contributed by atoms with Crippen LogP contribution in [0, 0.1) is 45.9 Å². The molecular weight excluding hydrogens is 1300 g/mol. The fraction of sp³-hybridized carbons (Fsp3) is 0.306. The number of benzene rings is 6. The van der Waals surface area contributed by atoms with Crippen molar-refractivity contribution in [3.8, 4) is 34.7 Å². The Morgan fingerprint density at radius 2 is 1.03 bits per heavy atom. The number of nitrogens with zero attached hydrogens (tertiary/aromatic N) is 11. The SMILES string of the molecule is CC.CCN(CC)Cc1cccc(C(=O)OCOC(Cn2cncn2)(c2ccc(F)cc2F)[C@@H](C)c2nc(-c3ccc(C#N)cc3)cs2)c1.CCNCC.C[C@@H](c1nc(-c2ccc(C#N)cc2)cs1)C(Cn1cncn1)(OCOC(=O)c1cccc(CCl)c1)c1ccc(F)cc1F. The van der Waals surface area contributed by atoms with Gasteiger partial charge in [-0.15, -0.1) is 34.3 Å². The molecule has 10 rings (SSSR count). The minimum atomic E-state index is -1.58. The molecule has 4 atom stereocenters. The van der Waals surface area contributed by atoms with E-state index in [0.717, 1.165) is 72.7 Å². The summed E-state index contributed by atoms with van der Waals surface area (Å²) in [7, 11) is 0. The molecule has 0 saturated carbocycles. The monoisotopic (exact) mass is 1380 g/mol. The Labute approximate surface area is 575 Å². The Hall–Kier alpha value is -9.37. The van der Waals surface area contributed by atoms with Crippen molar-refractivity contribution in [2.75, 3.05) is 39.8 Å². The molecule has 0 bridgehead atoms. The first-order chi connectivity index (χ1) is 47.0. The molecule has 1 N–H and O–H groups in total. The van der Waals surface area contributed by atoms with E-state index in [1.54, 1.807) is 97.9 Å². The summed E-state index contributed by atoms with van der Waals surface area (Å²) >= 11 is 8.58. The average Bonchev–Trinajstić information content (AvgIpc) is 1.67. The van der Waals surface area contributed by atoms with Gasteiger partial charge in [0.25, 0.3) is 0 Å². The average molecular weight is 1380 g/mol. The highest BCUT2D eigenvalue weighted by molar-refractivity contribution is 7.10. The molecule has 0 fully saturated rings. The fourth-order valence-corrected chi connectivity index (χ4v) is 12.4. The van der Waals surface area contributed by atoms with Gasteiger partial charge in [-0.25, -0.2) is 56.5 Å². The molecule has 506 valence electrons. The smallest absolute Gasteiger partial charge is 0.340 e. The normalized spacial score (nSPS) is 12.7. The molecule has 4 aromatic heterocycles. The van der Waals surface area contributed by atoms with E-state index in [1.807, 2.05) is 37.6 Å². The van der Waals surface area contributed by atoms with Crippen molar-refractivity contribution in [2.45, 2.75) is 104 Å². The van der Waals surface area contributed by atoms with Crippen molar-refractivity contribution in [1.82, 2.24) is 49.7 Å². The van der Waals surface area contributed by atoms with Crippen LogP contribution in [0.15, 0.2) is 170 Å². The van der Waals surface area contributed by atoms with E-state index < -0.39 is 71.8 Å². The molecule has 0 spiro atoms. The molecule has 6 aromatic carbocycles. The number of alkyl halides is 1.